The Morgan fingerprint density at radius 2 is 0.918 bits per heavy atom. The summed E-state index contributed by atoms with van der Waals surface area (Å²) < 4.78 is 1.26. The van der Waals surface area contributed by atoms with Crippen LogP contribution in [0.25, 0.3) is 34.4 Å². The first-order valence-corrected chi connectivity index (χ1v) is 21.7. The Bertz CT molecular complexity index is 1640. The average molecular weight is 860 g/mol. The summed E-state index contributed by atoms with van der Waals surface area (Å²) in [6.07, 6.45) is 7.96. The minimum atomic E-state index is -1.26. The van der Waals surface area contributed by atoms with Gasteiger partial charge in [0.2, 0.25) is 0 Å². The number of aryl methyl sites for hydroxylation is 2. The Labute approximate surface area is 318 Å². The monoisotopic (exact) mass is 860 g/mol. The van der Waals surface area contributed by atoms with E-state index in [2.05, 4.69) is 139 Å². The summed E-state index contributed by atoms with van der Waals surface area (Å²) >= 11 is -1.26. The maximum absolute atomic E-state index is 8.93. The van der Waals surface area contributed by atoms with Crippen molar-refractivity contribution in [1.82, 2.24) is 0 Å². The minimum absolute atomic E-state index is 0. The molecule has 7 rings (SSSR count). The predicted octanol–water partition coefficient (Wildman–Crippen LogP) is 4.90. The van der Waals surface area contributed by atoms with E-state index in [-0.39, 0.29) is 24.8 Å². The van der Waals surface area contributed by atoms with Gasteiger partial charge in [-0.25, -0.2) is 0 Å². The number of rotatable bonds is 6. The number of benzene rings is 4. The van der Waals surface area contributed by atoms with E-state index in [0.717, 1.165) is 25.7 Å². The van der Waals surface area contributed by atoms with Gasteiger partial charge in [0.1, 0.15) is 0 Å². The molecule has 4 aromatic rings. The van der Waals surface area contributed by atoms with Gasteiger partial charge >= 0.3 is 247 Å². The van der Waals surface area contributed by atoms with Crippen molar-refractivity contribution in [3.8, 4) is 22.3 Å². The molecule has 4 unspecified atom stereocenters. The Hall–Kier alpha value is -2.27. The third-order valence-electron chi connectivity index (χ3n) is 10.3. The van der Waals surface area contributed by atoms with Gasteiger partial charge in [0.15, 0.2) is 0 Å². The molecule has 256 valence electrons. The van der Waals surface area contributed by atoms with Crippen molar-refractivity contribution in [2.75, 3.05) is 0 Å². The van der Waals surface area contributed by atoms with Crippen LogP contribution in [0.1, 0.15) is 94.1 Å². The SMILES string of the molecule is Cc1ccc(-c2cccc3c2C=C(C(C)C)[CH]3[Hf+2][CH]2C(C(C)C)=Cc3c(-c4ccc(C)cc4)cccc32)cc1.OC1CCCCC1O.[Cl-].[Cl-]. The third-order valence-corrected chi connectivity index (χ3v) is 17.3. The fourth-order valence-corrected chi connectivity index (χ4v) is 16.1. The topological polar surface area (TPSA) is 40.5 Å². The molecule has 0 amide bonds. The molecule has 0 bridgehead atoms. The Balaban J connectivity index is 0.000000478. The summed E-state index contributed by atoms with van der Waals surface area (Å²) in [6.45, 7) is 13.9. The molecule has 4 aromatic carbocycles. The molecule has 0 spiro atoms. The van der Waals surface area contributed by atoms with Crippen LogP contribution in [0.15, 0.2) is 96.1 Å². The van der Waals surface area contributed by atoms with Crippen LogP contribution in [0.5, 0.6) is 0 Å². The van der Waals surface area contributed by atoms with Gasteiger partial charge in [-0.3, -0.25) is 0 Å². The second-order valence-electron chi connectivity index (χ2n) is 14.4. The third kappa shape index (κ3) is 8.62. The van der Waals surface area contributed by atoms with Crippen molar-refractivity contribution in [2.45, 2.75) is 86.8 Å². The van der Waals surface area contributed by atoms with Crippen molar-refractivity contribution in [1.29, 1.82) is 0 Å². The molecule has 0 heterocycles. The average Bonchev–Trinajstić information content (AvgIpc) is 3.63. The summed E-state index contributed by atoms with van der Waals surface area (Å²) in [5.41, 5.74) is 17.6. The van der Waals surface area contributed by atoms with Crippen LogP contribution >= 0.6 is 0 Å². The Morgan fingerprint density at radius 1 is 0.551 bits per heavy atom. The van der Waals surface area contributed by atoms with E-state index in [1.54, 1.807) is 22.3 Å². The van der Waals surface area contributed by atoms with Gasteiger partial charge < -0.3 is 35.0 Å². The maximum Gasteiger partial charge on any atom is 0.0799 e. The molecule has 1 fully saturated rings. The number of hydrogen-bond acceptors (Lipinski definition) is 2. The molecule has 3 aliphatic carbocycles. The van der Waals surface area contributed by atoms with E-state index in [9.17, 15) is 0 Å². The van der Waals surface area contributed by atoms with Crippen molar-refractivity contribution >= 4 is 12.2 Å². The molecular weight excluding hydrogens is 810 g/mol. The maximum atomic E-state index is 8.93. The van der Waals surface area contributed by atoms with Crippen molar-refractivity contribution in [3.05, 3.63) is 129 Å². The Morgan fingerprint density at radius 3 is 1.24 bits per heavy atom. The molecule has 0 saturated heterocycles. The standard InChI is InChI=1S/2C19H19.C6H12O2.2ClH.Hf/c2*1-13(2)17-11-16-5-4-6-18(19(16)12-17)15-9-7-14(3)8-10-15;7-5-3-1-2-4-6(5)8;;;/h2*4-13H,1-3H3;5-8H,1-4H2;2*1H;/q;;;;;+2/p-2. The van der Waals surface area contributed by atoms with Gasteiger partial charge in [0.05, 0.1) is 12.2 Å². The molecule has 2 N–H and O–H groups in total. The number of halogens is 2. The second-order valence-corrected chi connectivity index (χ2v) is 19.7. The van der Waals surface area contributed by atoms with E-state index in [1.165, 1.54) is 44.5 Å². The first-order valence-electron chi connectivity index (χ1n) is 17.6. The zero-order chi connectivity index (χ0) is 33.2. The van der Waals surface area contributed by atoms with Crippen molar-refractivity contribution in [2.24, 2.45) is 11.8 Å². The number of hydrogen-bond donors (Lipinski definition) is 2. The molecule has 0 aliphatic heterocycles. The van der Waals surface area contributed by atoms with Gasteiger partial charge in [0.25, 0.3) is 0 Å². The molecule has 2 nitrogen and oxygen atoms in total. The smallest absolute Gasteiger partial charge is 0.0799 e. The molecule has 5 heteroatoms. The van der Waals surface area contributed by atoms with Crippen LogP contribution in [0.4, 0.5) is 0 Å². The van der Waals surface area contributed by atoms with Crippen LogP contribution in [0.2, 0.25) is 0 Å². The van der Waals surface area contributed by atoms with E-state index in [1.807, 2.05) is 0 Å². The molecule has 3 aliphatic rings. The first kappa shape index (κ1) is 39.5. The van der Waals surface area contributed by atoms with Crippen LogP contribution in [-0.4, -0.2) is 22.4 Å². The molecule has 1 saturated carbocycles. The largest absolute Gasteiger partial charge is 1.00 e. The summed E-state index contributed by atoms with van der Waals surface area (Å²) in [4.78, 5) is 0. The van der Waals surface area contributed by atoms with Gasteiger partial charge in [-0.05, 0) is 12.8 Å². The van der Waals surface area contributed by atoms with Crippen molar-refractivity contribution in [3.63, 3.8) is 0 Å². The number of fused-ring (bicyclic) bond motifs is 2. The first-order chi connectivity index (χ1) is 22.6. The van der Waals surface area contributed by atoms with Crippen molar-refractivity contribution < 1.29 is 57.9 Å². The predicted molar refractivity (Wildman–Crippen MR) is 195 cm³/mol. The summed E-state index contributed by atoms with van der Waals surface area (Å²) in [5.74, 6) is 1.12. The van der Waals surface area contributed by atoms with E-state index < -0.39 is 35.1 Å². The van der Waals surface area contributed by atoms with Crippen LogP contribution in [0.3, 0.4) is 0 Å². The van der Waals surface area contributed by atoms with Crippen LogP contribution in [0, 0.1) is 25.7 Å². The van der Waals surface area contributed by atoms with Crippen LogP contribution < -0.4 is 24.8 Å². The summed E-state index contributed by atoms with van der Waals surface area (Å²) in [7, 11) is 0. The van der Waals surface area contributed by atoms with E-state index in [4.69, 9.17) is 10.2 Å². The fraction of sp³-hybridized carbons (Fsp3) is 0.364. The quantitative estimate of drug-likeness (QED) is 0.272. The number of allylic oxidation sites excluding steroid dienone is 2. The second kappa shape index (κ2) is 17.3. The van der Waals surface area contributed by atoms with Gasteiger partial charge in [-0.1, -0.05) is 12.8 Å². The molecule has 49 heavy (non-hydrogen) atoms. The number of aliphatic hydroxyl groups is 2. The fourth-order valence-electron chi connectivity index (χ4n) is 7.45. The van der Waals surface area contributed by atoms with Crippen LogP contribution in [-0.2, 0) is 22.9 Å². The summed E-state index contributed by atoms with van der Waals surface area (Å²) in [5, 5.41) is 17.9. The van der Waals surface area contributed by atoms with E-state index in [0.29, 0.717) is 19.2 Å². The molecule has 0 aromatic heterocycles. The normalized spacial score (nSPS) is 20.5. The number of aliphatic hydroxyl groups excluding tert-OH is 2. The van der Waals surface area contributed by atoms with Gasteiger partial charge in [-0.15, -0.1) is 0 Å². The molecule has 4 atom stereocenters. The Kier molecular flexibility index (Phi) is 13.9. The molecule has 0 radical (unpaired) electrons. The molecular formula is C44H50Cl2HfO2. The van der Waals surface area contributed by atoms with Gasteiger partial charge in [-0.2, -0.15) is 0 Å². The van der Waals surface area contributed by atoms with Gasteiger partial charge in [0, 0.05) is 0 Å². The minimum Gasteiger partial charge on any atom is -1.00 e. The zero-order valence-electron chi connectivity index (χ0n) is 29.7. The zero-order valence-corrected chi connectivity index (χ0v) is 34.8. The van der Waals surface area contributed by atoms with E-state index >= 15 is 0 Å². The summed E-state index contributed by atoms with van der Waals surface area (Å²) in [6, 6.07) is 32.3.